The molecule has 104 valence electrons. The molecule has 0 amide bonds. The average molecular weight is 250 g/mol. The normalized spacial score (nSPS) is 47.2. The van der Waals surface area contributed by atoms with E-state index in [1.54, 1.807) is 0 Å². The van der Waals surface area contributed by atoms with Crippen molar-refractivity contribution < 1.29 is 0 Å². The molecule has 3 rings (SSSR count). The van der Waals surface area contributed by atoms with Crippen LogP contribution in [0.15, 0.2) is 0 Å². The van der Waals surface area contributed by atoms with Gasteiger partial charge in [-0.05, 0) is 63.3 Å². The third-order valence-corrected chi connectivity index (χ3v) is 6.20. The minimum Gasteiger partial charge on any atom is -0.327 e. The summed E-state index contributed by atoms with van der Waals surface area (Å²) in [4.78, 5) is 2.63. The van der Waals surface area contributed by atoms with Gasteiger partial charge < -0.3 is 10.6 Å². The van der Waals surface area contributed by atoms with E-state index < -0.39 is 0 Å². The molecular formula is C16H30N2. The Kier molecular flexibility index (Phi) is 3.68. The molecule has 0 aromatic rings. The number of hydrogen-bond donors (Lipinski definition) is 1. The van der Waals surface area contributed by atoms with E-state index >= 15 is 0 Å². The van der Waals surface area contributed by atoms with Crippen LogP contribution in [-0.4, -0.2) is 30.1 Å². The fourth-order valence-electron chi connectivity index (χ4n) is 4.98. The van der Waals surface area contributed by atoms with E-state index in [4.69, 9.17) is 5.73 Å². The summed E-state index contributed by atoms with van der Waals surface area (Å²) < 4.78 is 0. The maximum atomic E-state index is 6.66. The van der Waals surface area contributed by atoms with Crippen LogP contribution in [0.2, 0.25) is 0 Å². The maximum absolute atomic E-state index is 6.66. The van der Waals surface area contributed by atoms with Gasteiger partial charge in [-0.25, -0.2) is 0 Å². The smallest absolute Gasteiger partial charge is 0.00989 e. The number of nitrogens with zero attached hydrogens (tertiary/aromatic N) is 1. The summed E-state index contributed by atoms with van der Waals surface area (Å²) >= 11 is 0. The van der Waals surface area contributed by atoms with Gasteiger partial charge in [-0.2, -0.15) is 0 Å². The van der Waals surface area contributed by atoms with E-state index in [-0.39, 0.29) is 0 Å². The second kappa shape index (κ2) is 5.13. The Bertz CT molecular complexity index is 277. The van der Waals surface area contributed by atoms with E-state index in [1.807, 2.05) is 0 Å². The second-order valence-corrected chi connectivity index (χ2v) is 7.39. The monoisotopic (exact) mass is 250 g/mol. The van der Waals surface area contributed by atoms with Gasteiger partial charge >= 0.3 is 0 Å². The Labute approximate surface area is 112 Å². The Morgan fingerprint density at radius 2 is 1.61 bits per heavy atom. The van der Waals surface area contributed by atoms with Crippen molar-refractivity contribution >= 4 is 0 Å². The molecule has 18 heavy (non-hydrogen) atoms. The van der Waals surface area contributed by atoms with Crippen molar-refractivity contribution in [3.05, 3.63) is 0 Å². The van der Waals surface area contributed by atoms with Gasteiger partial charge in [0.15, 0.2) is 0 Å². The molecule has 3 aliphatic rings. The predicted octanol–water partition coefficient (Wildman–Crippen LogP) is 3.01. The van der Waals surface area contributed by atoms with Crippen LogP contribution in [0, 0.1) is 17.8 Å². The molecule has 5 atom stereocenters. The van der Waals surface area contributed by atoms with E-state index in [9.17, 15) is 0 Å². The van der Waals surface area contributed by atoms with Gasteiger partial charge in [-0.3, -0.25) is 0 Å². The Morgan fingerprint density at radius 3 is 2.22 bits per heavy atom. The van der Waals surface area contributed by atoms with Crippen LogP contribution in [-0.2, 0) is 0 Å². The molecule has 0 radical (unpaired) electrons. The fourth-order valence-corrected chi connectivity index (χ4v) is 4.98. The van der Waals surface area contributed by atoms with Crippen LogP contribution in [0.3, 0.4) is 0 Å². The molecule has 2 heteroatoms. The fraction of sp³-hybridized carbons (Fsp3) is 1.00. The summed E-state index contributed by atoms with van der Waals surface area (Å²) in [5, 5.41) is 0. The second-order valence-electron chi connectivity index (χ2n) is 7.39. The molecule has 2 heterocycles. The maximum Gasteiger partial charge on any atom is 0.00989 e. The van der Waals surface area contributed by atoms with Crippen LogP contribution in [0.4, 0.5) is 0 Å². The van der Waals surface area contributed by atoms with Crippen LogP contribution < -0.4 is 5.73 Å². The lowest BCUT2D eigenvalue weighted by Crippen LogP contribution is -2.48. The quantitative estimate of drug-likeness (QED) is 0.816. The molecule has 2 aliphatic heterocycles. The predicted molar refractivity (Wildman–Crippen MR) is 76.4 cm³/mol. The van der Waals surface area contributed by atoms with Gasteiger partial charge in [0.05, 0.1) is 0 Å². The highest BCUT2D eigenvalue weighted by atomic mass is 15.2. The largest absolute Gasteiger partial charge is 0.327 e. The van der Waals surface area contributed by atoms with Crippen LogP contribution in [0.1, 0.15) is 58.3 Å². The van der Waals surface area contributed by atoms with E-state index in [0.717, 1.165) is 29.8 Å². The molecule has 2 nitrogen and oxygen atoms in total. The molecule has 2 saturated heterocycles. The molecule has 1 aliphatic carbocycles. The summed E-state index contributed by atoms with van der Waals surface area (Å²) in [6, 6.07) is 2.19. The minimum atomic E-state index is 0.490. The highest BCUT2D eigenvalue weighted by molar-refractivity contribution is 4.97. The summed E-state index contributed by atoms with van der Waals surface area (Å²) in [5.41, 5.74) is 6.66. The van der Waals surface area contributed by atoms with Gasteiger partial charge in [0.25, 0.3) is 0 Å². The van der Waals surface area contributed by atoms with E-state index in [0.29, 0.717) is 6.04 Å². The molecule has 2 N–H and O–H groups in total. The van der Waals surface area contributed by atoms with Gasteiger partial charge in [0, 0.05) is 18.1 Å². The van der Waals surface area contributed by atoms with Crippen molar-refractivity contribution in [2.45, 2.75) is 76.4 Å². The van der Waals surface area contributed by atoms with Crippen molar-refractivity contribution in [3.63, 3.8) is 0 Å². The third kappa shape index (κ3) is 2.34. The summed E-state index contributed by atoms with van der Waals surface area (Å²) in [6.07, 6.45) is 11.2. The first-order valence-electron chi connectivity index (χ1n) is 8.12. The summed E-state index contributed by atoms with van der Waals surface area (Å²) in [5.74, 6) is 2.55. The number of fused-ring (bicyclic) bond motifs is 2. The first-order chi connectivity index (χ1) is 8.65. The zero-order valence-corrected chi connectivity index (χ0v) is 12.1. The zero-order valence-electron chi connectivity index (χ0n) is 12.1. The molecule has 5 unspecified atom stereocenters. The molecular weight excluding hydrogens is 220 g/mol. The van der Waals surface area contributed by atoms with Crippen molar-refractivity contribution in [1.29, 1.82) is 0 Å². The first-order valence-corrected chi connectivity index (χ1v) is 8.12. The molecule has 0 aromatic heterocycles. The number of rotatable bonds is 2. The lowest BCUT2D eigenvalue weighted by atomic mass is 9.72. The topological polar surface area (TPSA) is 29.3 Å². The number of piperidine rings is 1. The number of nitrogens with two attached hydrogens (primary N) is 1. The van der Waals surface area contributed by atoms with Crippen molar-refractivity contribution in [1.82, 2.24) is 4.90 Å². The molecule has 0 spiro atoms. The van der Waals surface area contributed by atoms with E-state index in [1.165, 1.54) is 51.4 Å². The molecule has 3 fully saturated rings. The highest BCUT2D eigenvalue weighted by Crippen LogP contribution is 2.42. The zero-order chi connectivity index (χ0) is 12.7. The lowest BCUT2D eigenvalue weighted by Gasteiger charge is -2.42. The minimum absolute atomic E-state index is 0.490. The van der Waals surface area contributed by atoms with Crippen LogP contribution >= 0.6 is 0 Å². The first kappa shape index (κ1) is 12.9. The highest BCUT2D eigenvalue weighted by Gasteiger charge is 2.42. The van der Waals surface area contributed by atoms with E-state index in [2.05, 4.69) is 18.9 Å². The van der Waals surface area contributed by atoms with Gasteiger partial charge in [-0.1, -0.05) is 19.8 Å². The third-order valence-electron chi connectivity index (χ3n) is 6.20. The van der Waals surface area contributed by atoms with Crippen LogP contribution in [0.25, 0.3) is 0 Å². The van der Waals surface area contributed by atoms with Gasteiger partial charge in [0.1, 0.15) is 0 Å². The van der Waals surface area contributed by atoms with Gasteiger partial charge in [0.2, 0.25) is 0 Å². The van der Waals surface area contributed by atoms with Crippen molar-refractivity contribution in [2.24, 2.45) is 23.5 Å². The SMILES string of the molecule is CC1CCCC(C(N)C2CC3CCC(C2)N3C)C1. The van der Waals surface area contributed by atoms with Gasteiger partial charge in [-0.15, -0.1) is 0 Å². The Hall–Kier alpha value is -0.0800. The summed E-state index contributed by atoms with van der Waals surface area (Å²) in [6.45, 7) is 2.41. The van der Waals surface area contributed by atoms with Crippen molar-refractivity contribution in [2.75, 3.05) is 7.05 Å². The average Bonchev–Trinajstić information content (AvgIpc) is 2.61. The number of hydrogen-bond acceptors (Lipinski definition) is 2. The Balaban J connectivity index is 1.61. The Morgan fingerprint density at radius 1 is 0.944 bits per heavy atom. The lowest BCUT2D eigenvalue weighted by molar-refractivity contribution is 0.0944. The summed E-state index contributed by atoms with van der Waals surface area (Å²) in [7, 11) is 2.33. The standard InChI is InChI=1S/C16H30N2/c1-11-4-3-5-12(8-11)16(17)13-9-14-6-7-15(10-13)18(14)2/h11-16H,3-10,17H2,1-2H3. The van der Waals surface area contributed by atoms with Crippen molar-refractivity contribution in [3.8, 4) is 0 Å². The molecule has 1 saturated carbocycles. The molecule has 0 aromatic carbocycles. The van der Waals surface area contributed by atoms with Crippen LogP contribution in [0.5, 0.6) is 0 Å². The molecule has 2 bridgehead atoms.